The van der Waals surface area contributed by atoms with Crippen LogP contribution in [-0.2, 0) is 19.6 Å². The van der Waals surface area contributed by atoms with Crippen LogP contribution in [-0.4, -0.2) is 50.8 Å². The second kappa shape index (κ2) is 12.1. The zero-order valence-electron chi connectivity index (χ0n) is 19.3. The zero-order valence-corrected chi connectivity index (χ0v) is 20.1. The van der Waals surface area contributed by atoms with Crippen LogP contribution in [0.4, 0.5) is 5.69 Å². The van der Waals surface area contributed by atoms with Crippen LogP contribution in [0.2, 0.25) is 0 Å². The number of rotatable bonds is 11. The van der Waals surface area contributed by atoms with Crippen molar-refractivity contribution >= 4 is 27.9 Å². The lowest BCUT2D eigenvalue weighted by atomic mass is 10.0. The van der Waals surface area contributed by atoms with Crippen molar-refractivity contribution in [3.63, 3.8) is 0 Å². The van der Waals surface area contributed by atoms with E-state index in [2.05, 4.69) is 20.4 Å². The van der Waals surface area contributed by atoms with Crippen LogP contribution < -0.4 is 10.0 Å². The van der Waals surface area contributed by atoms with E-state index >= 15 is 0 Å². The largest absolute Gasteiger partial charge is 0.345 e. The van der Waals surface area contributed by atoms with Gasteiger partial charge in [-0.25, -0.2) is 8.42 Å². The molecule has 178 valence electrons. The van der Waals surface area contributed by atoms with Gasteiger partial charge in [0.05, 0.1) is 16.6 Å². The number of hydrogen-bond donors (Lipinski definition) is 2. The van der Waals surface area contributed by atoms with E-state index in [9.17, 15) is 18.0 Å². The summed E-state index contributed by atoms with van der Waals surface area (Å²) in [7, 11) is -3.95. The Labute approximate surface area is 191 Å². The molecule has 2 rings (SSSR count). The summed E-state index contributed by atoms with van der Waals surface area (Å²) < 4.78 is 28.2. The standard InChI is InChI=1S/C22H35N5O4S/c1-16(2)14-19(15-28)23-22(29)21(17(3)4)25-32(30,31)20-10-8-18(9-11-20)24-26-27-12-6-5-7-13-27/h8-11,15-17,19,21,25H,5-7,12-14H2,1-4H3,(H,23,29). The van der Waals surface area contributed by atoms with Crippen molar-refractivity contribution in [1.29, 1.82) is 0 Å². The topological polar surface area (TPSA) is 120 Å². The predicted molar refractivity (Wildman–Crippen MR) is 123 cm³/mol. The lowest BCUT2D eigenvalue weighted by molar-refractivity contribution is -0.126. The zero-order chi connectivity index (χ0) is 23.7. The first kappa shape index (κ1) is 25.9. The van der Waals surface area contributed by atoms with Crippen LogP contribution in [0.5, 0.6) is 0 Å². The number of aldehydes is 1. The summed E-state index contributed by atoms with van der Waals surface area (Å²) in [5.74, 6) is -0.618. The van der Waals surface area contributed by atoms with Gasteiger partial charge in [0.25, 0.3) is 0 Å². The van der Waals surface area contributed by atoms with E-state index in [0.29, 0.717) is 18.4 Å². The summed E-state index contributed by atoms with van der Waals surface area (Å²) in [6.45, 7) is 9.13. The van der Waals surface area contributed by atoms with E-state index < -0.39 is 28.0 Å². The third-order valence-corrected chi connectivity index (χ3v) is 6.67. The Balaban J connectivity index is 2.07. The van der Waals surface area contributed by atoms with Gasteiger partial charge < -0.3 is 10.1 Å². The van der Waals surface area contributed by atoms with E-state index in [1.54, 1.807) is 26.0 Å². The van der Waals surface area contributed by atoms with Gasteiger partial charge in [0.2, 0.25) is 15.9 Å². The summed E-state index contributed by atoms with van der Waals surface area (Å²) in [5, 5.41) is 12.9. The van der Waals surface area contributed by atoms with Crippen LogP contribution in [0.3, 0.4) is 0 Å². The van der Waals surface area contributed by atoms with Gasteiger partial charge in [0.15, 0.2) is 0 Å². The number of nitrogens with one attached hydrogen (secondary N) is 2. The molecule has 0 bridgehead atoms. The molecule has 1 heterocycles. The molecule has 9 nitrogen and oxygen atoms in total. The summed E-state index contributed by atoms with van der Waals surface area (Å²) in [5.41, 5.74) is 0.551. The molecule has 1 saturated heterocycles. The molecule has 1 amide bonds. The SMILES string of the molecule is CC(C)CC(C=O)NC(=O)C(NS(=O)(=O)c1ccc(N=NN2CCCCC2)cc1)C(C)C. The van der Waals surface area contributed by atoms with Gasteiger partial charge in [0.1, 0.15) is 12.3 Å². The molecule has 2 unspecified atom stereocenters. The Bertz CT molecular complexity index is 878. The Morgan fingerprint density at radius 2 is 1.72 bits per heavy atom. The average molecular weight is 466 g/mol. The van der Waals surface area contributed by atoms with Gasteiger partial charge in [-0.05, 0) is 61.8 Å². The smallest absolute Gasteiger partial charge is 0.241 e. The highest BCUT2D eigenvalue weighted by Gasteiger charge is 2.29. The normalized spacial score (nSPS) is 17.0. The highest BCUT2D eigenvalue weighted by atomic mass is 32.2. The molecule has 1 fully saturated rings. The van der Waals surface area contributed by atoms with Gasteiger partial charge in [0, 0.05) is 13.1 Å². The fourth-order valence-electron chi connectivity index (χ4n) is 3.43. The minimum Gasteiger partial charge on any atom is -0.345 e. The lowest BCUT2D eigenvalue weighted by Crippen LogP contribution is -2.52. The molecule has 0 aromatic heterocycles. The van der Waals surface area contributed by atoms with E-state index in [1.807, 2.05) is 18.9 Å². The molecule has 1 aliphatic rings. The van der Waals surface area contributed by atoms with Gasteiger partial charge in [-0.3, -0.25) is 9.80 Å². The number of carbonyl (C=O) groups is 2. The van der Waals surface area contributed by atoms with E-state index in [4.69, 9.17) is 0 Å². The van der Waals surface area contributed by atoms with Crippen molar-refractivity contribution in [2.45, 2.75) is 70.4 Å². The van der Waals surface area contributed by atoms with E-state index in [0.717, 1.165) is 25.9 Å². The van der Waals surface area contributed by atoms with Crippen LogP contribution in [0.25, 0.3) is 0 Å². The van der Waals surface area contributed by atoms with Crippen molar-refractivity contribution in [3.8, 4) is 0 Å². The fourth-order valence-corrected chi connectivity index (χ4v) is 4.77. The first-order chi connectivity index (χ1) is 15.1. The Hall–Kier alpha value is -2.33. The summed E-state index contributed by atoms with van der Waals surface area (Å²) in [6.07, 6.45) is 4.56. The van der Waals surface area contributed by atoms with Gasteiger partial charge in [-0.2, -0.15) is 4.72 Å². The first-order valence-corrected chi connectivity index (χ1v) is 12.7. The lowest BCUT2D eigenvalue weighted by Gasteiger charge is -2.24. The molecule has 0 aliphatic carbocycles. The molecule has 0 spiro atoms. The third-order valence-electron chi connectivity index (χ3n) is 5.21. The molecular formula is C22H35N5O4S. The monoisotopic (exact) mass is 465 g/mol. The van der Waals surface area contributed by atoms with Crippen LogP contribution in [0, 0.1) is 11.8 Å². The maximum absolute atomic E-state index is 12.9. The van der Waals surface area contributed by atoms with Gasteiger partial charge in [-0.15, -0.1) is 5.11 Å². The number of amides is 1. The minimum atomic E-state index is -3.95. The highest BCUT2D eigenvalue weighted by molar-refractivity contribution is 7.89. The maximum Gasteiger partial charge on any atom is 0.241 e. The summed E-state index contributed by atoms with van der Waals surface area (Å²) >= 11 is 0. The van der Waals surface area contributed by atoms with Crippen LogP contribution in [0.1, 0.15) is 53.4 Å². The third kappa shape index (κ3) is 7.98. The molecule has 0 saturated carbocycles. The molecule has 32 heavy (non-hydrogen) atoms. The van der Waals surface area contributed by atoms with Crippen molar-refractivity contribution < 1.29 is 18.0 Å². The van der Waals surface area contributed by atoms with Crippen molar-refractivity contribution in [1.82, 2.24) is 15.0 Å². The van der Waals surface area contributed by atoms with Crippen molar-refractivity contribution in [2.24, 2.45) is 22.2 Å². The fraction of sp³-hybridized carbons (Fsp3) is 0.636. The maximum atomic E-state index is 12.9. The molecule has 1 aromatic rings. The number of sulfonamides is 1. The van der Waals surface area contributed by atoms with Gasteiger partial charge in [-0.1, -0.05) is 32.9 Å². The van der Waals surface area contributed by atoms with Crippen molar-refractivity contribution in [3.05, 3.63) is 24.3 Å². The first-order valence-electron chi connectivity index (χ1n) is 11.2. The van der Waals surface area contributed by atoms with Crippen LogP contribution in [0.15, 0.2) is 39.5 Å². The number of benzene rings is 1. The Morgan fingerprint density at radius 1 is 1.09 bits per heavy atom. The predicted octanol–water partition coefficient (Wildman–Crippen LogP) is 3.20. The average Bonchev–Trinajstić information content (AvgIpc) is 2.76. The highest BCUT2D eigenvalue weighted by Crippen LogP contribution is 2.19. The van der Waals surface area contributed by atoms with Crippen molar-refractivity contribution in [2.75, 3.05) is 13.1 Å². The van der Waals surface area contributed by atoms with Gasteiger partial charge >= 0.3 is 0 Å². The van der Waals surface area contributed by atoms with E-state index in [1.165, 1.54) is 18.6 Å². The Kier molecular flexibility index (Phi) is 9.77. The molecule has 1 aromatic carbocycles. The molecule has 1 aliphatic heterocycles. The second-order valence-corrected chi connectivity index (χ2v) is 10.6. The molecule has 2 N–H and O–H groups in total. The summed E-state index contributed by atoms with van der Waals surface area (Å²) in [4.78, 5) is 24.0. The Morgan fingerprint density at radius 3 is 2.25 bits per heavy atom. The number of nitrogens with zero attached hydrogens (tertiary/aromatic N) is 3. The molecule has 2 atom stereocenters. The van der Waals surface area contributed by atoms with E-state index in [-0.39, 0.29) is 16.7 Å². The second-order valence-electron chi connectivity index (χ2n) is 8.92. The molecule has 0 radical (unpaired) electrons. The number of hydrogen-bond acceptors (Lipinski definition) is 6. The number of carbonyl (C=O) groups excluding carboxylic acids is 2. The quantitative estimate of drug-likeness (QED) is 0.384. The number of piperidine rings is 1. The molecular weight excluding hydrogens is 430 g/mol. The summed E-state index contributed by atoms with van der Waals surface area (Å²) in [6, 6.07) is 4.38. The minimum absolute atomic E-state index is 0.0296. The molecule has 10 heteroatoms. The van der Waals surface area contributed by atoms with Crippen LogP contribution >= 0.6 is 0 Å².